The van der Waals surface area contributed by atoms with Gasteiger partial charge in [0.2, 0.25) is 11.8 Å². The summed E-state index contributed by atoms with van der Waals surface area (Å²) in [7, 11) is 0. The quantitative estimate of drug-likeness (QED) is 0.670. The lowest BCUT2D eigenvalue weighted by Crippen LogP contribution is -2.16. The van der Waals surface area contributed by atoms with Crippen LogP contribution in [-0.2, 0) is 16.0 Å². The van der Waals surface area contributed by atoms with Crippen molar-refractivity contribution in [2.45, 2.75) is 33.1 Å². The Labute approximate surface area is 169 Å². The maximum Gasteiger partial charge on any atom is 0.228 e. The smallest absolute Gasteiger partial charge is 0.228 e. The SMILES string of the molecule is Cc1nn(-c2ccccc2)c(C)c1CC(=O)Nc1ccc(NC(=O)C2CC2)cc1. The van der Waals surface area contributed by atoms with Crippen molar-refractivity contribution in [2.75, 3.05) is 10.6 Å². The Kier molecular flexibility index (Phi) is 5.16. The van der Waals surface area contributed by atoms with Crippen LogP contribution in [-0.4, -0.2) is 21.6 Å². The zero-order valence-electron chi connectivity index (χ0n) is 16.6. The van der Waals surface area contributed by atoms with Gasteiger partial charge in [0.1, 0.15) is 0 Å². The third kappa shape index (κ3) is 4.37. The van der Waals surface area contributed by atoms with Gasteiger partial charge in [0.15, 0.2) is 0 Å². The van der Waals surface area contributed by atoms with Crippen LogP contribution in [0.1, 0.15) is 29.8 Å². The summed E-state index contributed by atoms with van der Waals surface area (Å²) >= 11 is 0. The molecule has 1 aromatic heterocycles. The summed E-state index contributed by atoms with van der Waals surface area (Å²) in [6, 6.07) is 17.1. The van der Waals surface area contributed by atoms with E-state index in [9.17, 15) is 9.59 Å². The van der Waals surface area contributed by atoms with Crippen LogP contribution in [0.4, 0.5) is 11.4 Å². The normalized spacial score (nSPS) is 13.2. The van der Waals surface area contributed by atoms with Crippen molar-refractivity contribution in [3.63, 3.8) is 0 Å². The van der Waals surface area contributed by atoms with Crippen LogP contribution in [0, 0.1) is 19.8 Å². The molecule has 4 rings (SSSR count). The Balaban J connectivity index is 1.41. The molecule has 0 spiro atoms. The van der Waals surface area contributed by atoms with Crippen LogP contribution in [0.2, 0.25) is 0 Å². The van der Waals surface area contributed by atoms with Gasteiger partial charge in [-0.05, 0) is 63.1 Å². The fourth-order valence-electron chi connectivity index (χ4n) is 3.34. The van der Waals surface area contributed by atoms with Crippen LogP contribution in [0.3, 0.4) is 0 Å². The minimum Gasteiger partial charge on any atom is -0.326 e. The first kappa shape index (κ1) is 18.9. The topological polar surface area (TPSA) is 76.0 Å². The first-order valence-corrected chi connectivity index (χ1v) is 9.82. The van der Waals surface area contributed by atoms with Crippen molar-refractivity contribution in [1.82, 2.24) is 9.78 Å². The number of nitrogens with one attached hydrogen (secondary N) is 2. The molecule has 0 atom stereocenters. The van der Waals surface area contributed by atoms with Crippen molar-refractivity contribution >= 4 is 23.2 Å². The van der Waals surface area contributed by atoms with Gasteiger partial charge >= 0.3 is 0 Å². The monoisotopic (exact) mass is 388 g/mol. The molecule has 0 radical (unpaired) electrons. The molecule has 29 heavy (non-hydrogen) atoms. The van der Waals surface area contributed by atoms with Gasteiger partial charge in [-0.2, -0.15) is 5.10 Å². The van der Waals surface area contributed by atoms with Crippen LogP contribution >= 0.6 is 0 Å². The summed E-state index contributed by atoms with van der Waals surface area (Å²) < 4.78 is 1.87. The number of rotatable bonds is 6. The summed E-state index contributed by atoms with van der Waals surface area (Å²) in [6.07, 6.45) is 2.20. The number of nitrogens with zero attached hydrogens (tertiary/aromatic N) is 2. The lowest BCUT2D eigenvalue weighted by atomic mass is 10.1. The van der Waals surface area contributed by atoms with E-state index in [0.29, 0.717) is 5.69 Å². The van der Waals surface area contributed by atoms with Crippen molar-refractivity contribution in [1.29, 1.82) is 0 Å². The first-order valence-electron chi connectivity index (χ1n) is 9.82. The molecule has 0 bridgehead atoms. The van der Waals surface area contributed by atoms with Gasteiger partial charge in [0.05, 0.1) is 17.8 Å². The average Bonchev–Trinajstić information content (AvgIpc) is 3.53. The largest absolute Gasteiger partial charge is 0.326 e. The Bertz CT molecular complexity index is 1030. The highest BCUT2D eigenvalue weighted by Crippen LogP contribution is 2.30. The summed E-state index contributed by atoms with van der Waals surface area (Å²) in [5.41, 5.74) is 5.16. The molecule has 2 amide bonds. The summed E-state index contributed by atoms with van der Waals surface area (Å²) in [5, 5.41) is 10.4. The Hall–Kier alpha value is -3.41. The van der Waals surface area contributed by atoms with Crippen molar-refractivity contribution < 1.29 is 9.59 Å². The molecule has 148 valence electrons. The number of hydrogen-bond donors (Lipinski definition) is 2. The maximum absolute atomic E-state index is 12.6. The lowest BCUT2D eigenvalue weighted by molar-refractivity contribution is -0.117. The van der Waals surface area contributed by atoms with E-state index >= 15 is 0 Å². The van der Waals surface area contributed by atoms with Crippen molar-refractivity contribution in [2.24, 2.45) is 5.92 Å². The van der Waals surface area contributed by atoms with E-state index in [4.69, 9.17) is 0 Å². The second kappa shape index (κ2) is 7.91. The summed E-state index contributed by atoms with van der Waals surface area (Å²) in [6.45, 7) is 3.90. The fraction of sp³-hybridized carbons (Fsp3) is 0.261. The Morgan fingerprint density at radius 2 is 1.59 bits per heavy atom. The Morgan fingerprint density at radius 3 is 2.21 bits per heavy atom. The lowest BCUT2D eigenvalue weighted by Gasteiger charge is -2.08. The molecular weight excluding hydrogens is 364 g/mol. The predicted molar refractivity (Wildman–Crippen MR) is 113 cm³/mol. The number of amides is 2. The number of benzene rings is 2. The van der Waals surface area contributed by atoms with Crippen LogP contribution in [0.25, 0.3) is 5.69 Å². The molecule has 6 nitrogen and oxygen atoms in total. The fourth-order valence-corrected chi connectivity index (χ4v) is 3.34. The number of aromatic nitrogens is 2. The summed E-state index contributed by atoms with van der Waals surface area (Å²) in [4.78, 5) is 24.4. The number of anilines is 2. The van der Waals surface area contributed by atoms with Crippen molar-refractivity contribution in [3.05, 3.63) is 71.5 Å². The zero-order valence-corrected chi connectivity index (χ0v) is 16.6. The van der Waals surface area contributed by atoms with E-state index in [1.54, 1.807) is 24.3 Å². The van der Waals surface area contributed by atoms with E-state index in [1.807, 2.05) is 48.9 Å². The van der Waals surface area contributed by atoms with E-state index in [2.05, 4.69) is 15.7 Å². The van der Waals surface area contributed by atoms with E-state index < -0.39 is 0 Å². The van der Waals surface area contributed by atoms with Gasteiger partial charge in [-0.1, -0.05) is 18.2 Å². The number of aryl methyl sites for hydroxylation is 1. The zero-order chi connectivity index (χ0) is 20.4. The molecule has 0 unspecified atom stereocenters. The molecule has 6 heteroatoms. The standard InChI is InChI=1S/C23H24N4O2/c1-15-21(16(2)27(26-15)20-6-4-3-5-7-20)14-22(28)24-18-10-12-19(13-11-18)25-23(29)17-8-9-17/h3-7,10-13,17H,8-9,14H2,1-2H3,(H,24,28)(H,25,29). The van der Waals surface area contributed by atoms with Gasteiger partial charge < -0.3 is 10.6 Å². The molecule has 2 N–H and O–H groups in total. The molecule has 0 saturated heterocycles. The molecule has 2 aromatic carbocycles. The highest BCUT2D eigenvalue weighted by atomic mass is 16.2. The first-order chi connectivity index (χ1) is 14.0. The molecule has 1 fully saturated rings. The number of carbonyl (C=O) groups excluding carboxylic acids is 2. The second-order valence-corrected chi connectivity index (χ2v) is 7.46. The number of hydrogen-bond acceptors (Lipinski definition) is 3. The molecule has 0 aliphatic heterocycles. The van der Waals surface area contributed by atoms with Crippen LogP contribution < -0.4 is 10.6 Å². The predicted octanol–water partition coefficient (Wildman–Crippen LogP) is 4.02. The summed E-state index contributed by atoms with van der Waals surface area (Å²) in [5.74, 6) is 0.138. The van der Waals surface area contributed by atoms with Gasteiger partial charge in [0, 0.05) is 28.6 Å². The minimum atomic E-state index is -0.0985. The van der Waals surface area contributed by atoms with Gasteiger partial charge in [-0.3, -0.25) is 9.59 Å². The van der Waals surface area contributed by atoms with Gasteiger partial charge in [-0.15, -0.1) is 0 Å². The van der Waals surface area contributed by atoms with Crippen LogP contribution in [0.15, 0.2) is 54.6 Å². The third-order valence-electron chi connectivity index (χ3n) is 5.16. The number of carbonyl (C=O) groups is 2. The van der Waals surface area contributed by atoms with Gasteiger partial charge in [0.25, 0.3) is 0 Å². The highest BCUT2D eigenvalue weighted by Gasteiger charge is 2.29. The van der Waals surface area contributed by atoms with Crippen LogP contribution in [0.5, 0.6) is 0 Å². The van der Waals surface area contributed by atoms with Gasteiger partial charge in [-0.25, -0.2) is 4.68 Å². The average molecular weight is 388 g/mol. The van der Waals surface area contributed by atoms with E-state index in [-0.39, 0.29) is 24.2 Å². The molecule has 1 aliphatic rings. The molecule has 1 saturated carbocycles. The van der Waals surface area contributed by atoms with Crippen molar-refractivity contribution in [3.8, 4) is 5.69 Å². The minimum absolute atomic E-state index is 0.0724. The van der Waals surface area contributed by atoms with E-state index in [0.717, 1.165) is 41.2 Å². The maximum atomic E-state index is 12.6. The van der Waals surface area contributed by atoms with E-state index in [1.165, 1.54) is 0 Å². The Morgan fingerprint density at radius 1 is 0.966 bits per heavy atom. The molecule has 1 aliphatic carbocycles. The highest BCUT2D eigenvalue weighted by molar-refractivity contribution is 5.95. The number of para-hydroxylation sites is 1. The molecule has 1 heterocycles. The second-order valence-electron chi connectivity index (χ2n) is 7.46. The molecule has 3 aromatic rings. The third-order valence-corrected chi connectivity index (χ3v) is 5.16. The molecular formula is C23H24N4O2.